The average Bonchev–Trinajstić information content (AvgIpc) is 2.14. The number of hydrogen-bond donors (Lipinski definition) is 3. The first-order valence-corrected chi connectivity index (χ1v) is 4.44. The van der Waals surface area contributed by atoms with Crippen LogP contribution in [0.3, 0.4) is 0 Å². The molecule has 0 bridgehead atoms. The lowest BCUT2D eigenvalue weighted by atomic mass is 9.87. The molecule has 6 heteroatoms. The van der Waals surface area contributed by atoms with E-state index in [0.29, 0.717) is 13.1 Å². The topological polar surface area (TPSA) is 95.6 Å². The molecule has 1 aromatic rings. The van der Waals surface area contributed by atoms with Gasteiger partial charge in [-0.15, -0.1) is 0 Å². The van der Waals surface area contributed by atoms with Crippen molar-refractivity contribution in [1.82, 2.24) is 5.32 Å². The Kier molecular flexibility index (Phi) is 2.09. The summed E-state index contributed by atoms with van der Waals surface area (Å²) in [7, 11) is 0. The van der Waals surface area contributed by atoms with Crippen LogP contribution in [-0.4, -0.2) is 28.2 Å². The Hall–Kier alpha value is -1.66. The van der Waals surface area contributed by atoms with Crippen molar-refractivity contribution in [1.29, 1.82) is 0 Å². The molecule has 0 saturated carbocycles. The molecule has 3 N–H and O–H groups in total. The van der Waals surface area contributed by atoms with Crippen molar-refractivity contribution in [2.75, 3.05) is 13.1 Å². The van der Waals surface area contributed by atoms with Gasteiger partial charge in [-0.2, -0.15) is 0 Å². The average molecular weight is 210 g/mol. The van der Waals surface area contributed by atoms with Crippen molar-refractivity contribution in [2.24, 2.45) is 0 Å². The number of nitrogens with one attached hydrogen (secondary N) is 1. The van der Waals surface area contributed by atoms with Gasteiger partial charge in [0.1, 0.15) is 11.4 Å². The minimum Gasteiger partial charge on any atom is -0.508 e. The molecule has 1 aliphatic heterocycles. The van der Waals surface area contributed by atoms with Crippen LogP contribution in [0.15, 0.2) is 18.2 Å². The third kappa shape index (κ3) is 1.53. The van der Waals surface area contributed by atoms with Crippen LogP contribution in [0.25, 0.3) is 0 Å². The van der Waals surface area contributed by atoms with E-state index in [-0.39, 0.29) is 17.0 Å². The lowest BCUT2D eigenvalue weighted by Crippen LogP contribution is -2.56. The highest BCUT2D eigenvalue weighted by Crippen LogP contribution is 2.34. The van der Waals surface area contributed by atoms with Gasteiger partial charge in [-0.05, 0) is 6.07 Å². The van der Waals surface area contributed by atoms with Crippen LogP contribution < -0.4 is 5.32 Å². The molecular weight excluding hydrogens is 200 g/mol. The second-order valence-electron chi connectivity index (χ2n) is 3.59. The minimum absolute atomic E-state index is 0.121. The van der Waals surface area contributed by atoms with E-state index in [1.165, 1.54) is 18.2 Å². The zero-order chi connectivity index (χ0) is 11.1. The van der Waals surface area contributed by atoms with E-state index in [0.717, 1.165) is 0 Å². The molecule has 80 valence electrons. The van der Waals surface area contributed by atoms with Crippen LogP contribution in [0.1, 0.15) is 5.56 Å². The van der Waals surface area contributed by atoms with Crippen LogP contribution in [0.2, 0.25) is 0 Å². The third-order valence-electron chi connectivity index (χ3n) is 2.53. The fourth-order valence-electron chi connectivity index (χ4n) is 1.56. The first-order valence-electron chi connectivity index (χ1n) is 4.44. The zero-order valence-corrected chi connectivity index (χ0v) is 7.80. The van der Waals surface area contributed by atoms with E-state index < -0.39 is 10.5 Å². The van der Waals surface area contributed by atoms with Gasteiger partial charge >= 0.3 is 0 Å². The highest BCUT2D eigenvalue weighted by molar-refractivity contribution is 5.47. The van der Waals surface area contributed by atoms with Crippen molar-refractivity contribution in [3.63, 3.8) is 0 Å². The number of phenolic OH excluding ortho intramolecular Hbond substituents is 1. The Balaban J connectivity index is 2.45. The van der Waals surface area contributed by atoms with Gasteiger partial charge < -0.3 is 15.5 Å². The molecule has 0 aromatic heterocycles. The summed E-state index contributed by atoms with van der Waals surface area (Å²) >= 11 is 0. The van der Waals surface area contributed by atoms with Gasteiger partial charge in [-0.3, -0.25) is 10.1 Å². The summed E-state index contributed by atoms with van der Waals surface area (Å²) in [5.41, 5.74) is -1.12. The summed E-state index contributed by atoms with van der Waals surface area (Å²) in [5, 5.41) is 32.8. The van der Waals surface area contributed by atoms with Crippen molar-refractivity contribution < 1.29 is 15.1 Å². The van der Waals surface area contributed by atoms with Crippen LogP contribution in [-0.2, 0) is 5.60 Å². The smallest absolute Gasteiger partial charge is 0.270 e. The number of hydrogen-bond acceptors (Lipinski definition) is 5. The Bertz CT molecular complexity index is 415. The van der Waals surface area contributed by atoms with Gasteiger partial charge in [0.2, 0.25) is 0 Å². The van der Waals surface area contributed by atoms with Crippen molar-refractivity contribution in [3.8, 4) is 5.75 Å². The molecule has 2 rings (SSSR count). The molecule has 0 radical (unpaired) electrons. The summed E-state index contributed by atoms with van der Waals surface area (Å²) in [6, 6.07) is 3.63. The summed E-state index contributed by atoms with van der Waals surface area (Å²) in [5.74, 6) is -0.121. The van der Waals surface area contributed by atoms with E-state index >= 15 is 0 Å². The molecular formula is C9H10N2O4. The van der Waals surface area contributed by atoms with E-state index in [4.69, 9.17) is 0 Å². The second-order valence-corrected chi connectivity index (χ2v) is 3.59. The highest BCUT2D eigenvalue weighted by Gasteiger charge is 2.39. The number of β-amino-alcohol motifs (C(OH)–C–C–N with tert-alkyl or cyclic N) is 1. The van der Waals surface area contributed by atoms with Gasteiger partial charge in [0.25, 0.3) is 5.69 Å². The number of aliphatic hydroxyl groups is 1. The highest BCUT2D eigenvalue weighted by atomic mass is 16.6. The molecule has 1 heterocycles. The first-order chi connectivity index (χ1) is 7.03. The lowest BCUT2D eigenvalue weighted by Gasteiger charge is -2.38. The number of benzene rings is 1. The Labute approximate surface area is 85.3 Å². The third-order valence-corrected chi connectivity index (χ3v) is 2.53. The largest absolute Gasteiger partial charge is 0.508 e. The quantitative estimate of drug-likeness (QED) is 0.475. The molecule has 1 saturated heterocycles. The number of nitrogens with zero attached hydrogens (tertiary/aromatic N) is 1. The van der Waals surface area contributed by atoms with E-state index in [9.17, 15) is 20.3 Å². The van der Waals surface area contributed by atoms with Crippen molar-refractivity contribution in [2.45, 2.75) is 5.60 Å². The number of non-ortho nitro benzene ring substituents is 1. The Morgan fingerprint density at radius 3 is 2.60 bits per heavy atom. The number of nitro groups is 1. The predicted molar refractivity (Wildman–Crippen MR) is 51.5 cm³/mol. The summed E-state index contributed by atoms with van der Waals surface area (Å²) in [6.45, 7) is 0.587. The number of phenols is 1. The maximum absolute atomic E-state index is 10.5. The number of aromatic hydroxyl groups is 1. The van der Waals surface area contributed by atoms with E-state index in [1.807, 2.05) is 0 Å². The van der Waals surface area contributed by atoms with Crippen LogP contribution in [0.5, 0.6) is 5.75 Å². The lowest BCUT2D eigenvalue weighted by molar-refractivity contribution is -0.385. The van der Waals surface area contributed by atoms with Gasteiger partial charge in [0.15, 0.2) is 0 Å². The minimum atomic E-state index is -1.18. The van der Waals surface area contributed by atoms with Crippen molar-refractivity contribution in [3.05, 3.63) is 33.9 Å². The molecule has 0 aliphatic carbocycles. The zero-order valence-electron chi connectivity index (χ0n) is 7.80. The van der Waals surface area contributed by atoms with Crippen molar-refractivity contribution >= 4 is 5.69 Å². The van der Waals surface area contributed by atoms with Crippen LogP contribution >= 0.6 is 0 Å². The molecule has 0 atom stereocenters. The molecule has 1 aromatic carbocycles. The number of nitro benzene ring substituents is 1. The monoisotopic (exact) mass is 210 g/mol. The molecule has 1 aliphatic rings. The van der Waals surface area contributed by atoms with E-state index in [2.05, 4.69) is 5.32 Å². The molecule has 0 spiro atoms. The summed E-state index contributed by atoms with van der Waals surface area (Å²) < 4.78 is 0. The maximum Gasteiger partial charge on any atom is 0.270 e. The standard InChI is InChI=1S/C9H10N2O4/c12-8-2-1-6(11(14)15)3-7(8)9(13)4-10-5-9/h1-3,10,12-13H,4-5H2. The Morgan fingerprint density at radius 1 is 1.47 bits per heavy atom. The van der Waals surface area contributed by atoms with Gasteiger partial charge in [0.05, 0.1) is 4.92 Å². The van der Waals surface area contributed by atoms with Gasteiger partial charge in [0, 0.05) is 30.8 Å². The molecule has 1 fully saturated rings. The SMILES string of the molecule is O=[N+]([O-])c1ccc(O)c(C2(O)CNC2)c1. The first kappa shape index (κ1) is 9.88. The Morgan fingerprint density at radius 2 is 2.13 bits per heavy atom. The number of rotatable bonds is 2. The summed E-state index contributed by atoms with van der Waals surface area (Å²) in [4.78, 5) is 9.97. The molecule has 15 heavy (non-hydrogen) atoms. The van der Waals surface area contributed by atoms with Crippen LogP contribution in [0.4, 0.5) is 5.69 Å². The van der Waals surface area contributed by atoms with Gasteiger partial charge in [-0.1, -0.05) is 0 Å². The fraction of sp³-hybridized carbons (Fsp3) is 0.333. The molecule has 0 amide bonds. The fourth-order valence-corrected chi connectivity index (χ4v) is 1.56. The normalized spacial score (nSPS) is 18.2. The molecule has 6 nitrogen and oxygen atoms in total. The van der Waals surface area contributed by atoms with Crippen LogP contribution in [0, 0.1) is 10.1 Å². The second kappa shape index (κ2) is 3.18. The molecule has 0 unspecified atom stereocenters. The predicted octanol–water partition coefficient (Wildman–Crippen LogP) is 0.0912. The van der Waals surface area contributed by atoms with Gasteiger partial charge in [-0.25, -0.2) is 0 Å². The van der Waals surface area contributed by atoms with E-state index in [1.54, 1.807) is 0 Å². The summed E-state index contributed by atoms with van der Waals surface area (Å²) in [6.07, 6.45) is 0. The maximum atomic E-state index is 10.5.